The van der Waals surface area contributed by atoms with Gasteiger partial charge in [0.2, 0.25) is 29.5 Å². The Morgan fingerprint density at radius 1 is 0.681 bits per heavy atom. The highest BCUT2D eigenvalue weighted by atomic mass is 32.2. The number of nitrogens with one attached hydrogen (secondary N) is 6. The molecule has 0 saturated carbocycles. The largest absolute Gasteiger partial charge is 0.367 e. The Morgan fingerprint density at radius 2 is 1.11 bits per heavy atom. The smallest absolute Gasteiger partial charge is 0.246 e. The lowest BCUT2D eigenvalue weighted by Gasteiger charge is -2.35. The van der Waals surface area contributed by atoms with Gasteiger partial charge in [-0.2, -0.15) is 0 Å². The molecule has 0 aromatic heterocycles. The molecule has 72 heavy (non-hydrogen) atoms. The summed E-state index contributed by atoms with van der Waals surface area (Å²) in [6, 6.07) is 11.8. The molecule has 2 aliphatic carbocycles. The molecule has 2 aromatic carbocycles. The summed E-state index contributed by atoms with van der Waals surface area (Å²) in [7, 11) is 3.53. The Kier molecular flexibility index (Phi) is 17.0. The van der Waals surface area contributed by atoms with Crippen LogP contribution in [0.1, 0.15) is 102 Å². The first-order chi connectivity index (χ1) is 34.4. The molecule has 5 amide bonds. The summed E-state index contributed by atoms with van der Waals surface area (Å²) >= 11 is 9.01. The predicted molar refractivity (Wildman–Crippen MR) is 285 cm³/mol. The first-order valence-electron chi connectivity index (χ1n) is 25.2. The number of carbonyl (C=O) groups is 5. The summed E-state index contributed by atoms with van der Waals surface area (Å²) in [6.45, 7) is 12.0. The van der Waals surface area contributed by atoms with Crippen LogP contribution in [-0.2, 0) is 46.3 Å². The first-order valence-corrected chi connectivity index (χ1v) is 27.7. The molecule has 4 heterocycles. The summed E-state index contributed by atoms with van der Waals surface area (Å²) in [5, 5.41) is 18.6. The summed E-state index contributed by atoms with van der Waals surface area (Å²) in [6.07, 6.45) is 2.83. The standard InChI is InChI=1S/C54H70N8O7S3/c1-31(55-7)47(63)57-37-21-25-71-41-29-53(3,4)45(61(41)51(37)66)48(64)59-43-35-19-13-11-17-33(35)27-39(43)68-23-15-9-10-16-24-69-40-28-34-18-12-14-20-36(34)44(40)60-49(65)46-54(5,6)30-42-62(46)52(67)38(22-26-72-42)58-50(70)32(2)56-8/h11-14,17-20,31-32,37-46,55-56H,21-30H2,1-8H3,(H,57,63)(H,58,70)(H,59,64)(H,60,65)/t31-,32-,37-,38-,39+,40+,41-,42-,43-,44-,45+,46+/m0/s1. The van der Waals surface area contributed by atoms with Gasteiger partial charge in [0.05, 0.1) is 52.1 Å². The number of fused-ring (bicyclic) bond motifs is 4. The molecule has 8 rings (SSSR count). The van der Waals surface area contributed by atoms with Crippen LogP contribution >= 0.6 is 35.7 Å². The van der Waals surface area contributed by atoms with Crippen molar-refractivity contribution in [3.8, 4) is 23.7 Å². The zero-order valence-corrected chi connectivity index (χ0v) is 45.0. The molecule has 4 aliphatic heterocycles. The predicted octanol–water partition coefficient (Wildman–Crippen LogP) is 3.76. The highest BCUT2D eigenvalue weighted by Gasteiger charge is 2.57. The molecule has 0 radical (unpaired) electrons. The van der Waals surface area contributed by atoms with Crippen LogP contribution in [0.25, 0.3) is 0 Å². The van der Waals surface area contributed by atoms with Crippen molar-refractivity contribution >= 4 is 70.3 Å². The number of hydrogen-bond donors (Lipinski definition) is 6. The molecule has 6 aliphatic rings. The zero-order chi connectivity index (χ0) is 51.5. The maximum atomic E-state index is 14.6. The molecule has 2 aromatic rings. The zero-order valence-electron chi connectivity index (χ0n) is 42.6. The van der Waals surface area contributed by atoms with E-state index in [1.165, 1.54) is 0 Å². The summed E-state index contributed by atoms with van der Waals surface area (Å²) in [5.74, 6) is 12.2. The Bertz CT molecular complexity index is 2370. The number of thiocarbonyl (C=S) groups is 1. The lowest BCUT2D eigenvalue weighted by Crippen LogP contribution is -2.58. The summed E-state index contributed by atoms with van der Waals surface area (Å²) in [5.41, 5.74) is 3.11. The quantitative estimate of drug-likeness (QED) is 0.119. The number of amides is 5. The van der Waals surface area contributed by atoms with Crippen molar-refractivity contribution in [3.05, 3.63) is 70.8 Å². The van der Waals surface area contributed by atoms with Crippen molar-refractivity contribution in [2.24, 2.45) is 10.8 Å². The molecule has 0 spiro atoms. The van der Waals surface area contributed by atoms with Gasteiger partial charge in [-0.25, -0.2) is 0 Å². The number of thioether (sulfide) groups is 2. The van der Waals surface area contributed by atoms with Gasteiger partial charge < -0.3 is 51.2 Å². The number of ether oxygens (including phenoxy) is 2. The molecule has 18 heteroatoms. The lowest BCUT2D eigenvalue weighted by atomic mass is 9.83. The van der Waals surface area contributed by atoms with Crippen LogP contribution in [-0.4, -0.2) is 142 Å². The number of likely N-dealkylation sites (N-methyl/N-ethyl adjacent to an activating group) is 2. The second-order valence-corrected chi connectivity index (χ2v) is 24.1. The van der Waals surface area contributed by atoms with E-state index in [9.17, 15) is 24.0 Å². The van der Waals surface area contributed by atoms with Crippen LogP contribution in [0.4, 0.5) is 0 Å². The van der Waals surface area contributed by atoms with Crippen molar-refractivity contribution in [2.45, 2.75) is 151 Å². The summed E-state index contributed by atoms with van der Waals surface area (Å²) < 4.78 is 12.7. The third-order valence-electron chi connectivity index (χ3n) is 15.3. The third-order valence-corrected chi connectivity index (χ3v) is 18.3. The first kappa shape index (κ1) is 53.6. The molecule has 0 unspecified atom stereocenters. The van der Waals surface area contributed by atoms with Gasteiger partial charge in [0, 0.05) is 12.8 Å². The van der Waals surface area contributed by atoms with Crippen LogP contribution in [0.5, 0.6) is 0 Å². The fraction of sp³-hybridized carbons (Fsp3) is 0.593. The topological polar surface area (TPSA) is 182 Å². The third kappa shape index (κ3) is 11.4. The maximum Gasteiger partial charge on any atom is 0.246 e. The van der Waals surface area contributed by atoms with Crippen LogP contribution in [0.2, 0.25) is 0 Å². The van der Waals surface area contributed by atoms with E-state index in [0.29, 0.717) is 49.3 Å². The van der Waals surface area contributed by atoms with Crippen LogP contribution in [0.3, 0.4) is 0 Å². The van der Waals surface area contributed by atoms with E-state index in [4.69, 9.17) is 21.7 Å². The van der Waals surface area contributed by atoms with Gasteiger partial charge in [-0.3, -0.25) is 24.0 Å². The van der Waals surface area contributed by atoms with E-state index in [1.54, 1.807) is 47.3 Å². The Labute approximate surface area is 438 Å². The molecular weight excluding hydrogens is 969 g/mol. The second-order valence-electron chi connectivity index (χ2n) is 21.1. The highest BCUT2D eigenvalue weighted by molar-refractivity contribution is 8.00. The van der Waals surface area contributed by atoms with Gasteiger partial charge in [-0.05, 0) is 110 Å². The van der Waals surface area contributed by atoms with E-state index >= 15 is 0 Å². The van der Waals surface area contributed by atoms with Gasteiger partial charge in [-0.1, -0.05) is 100 Å². The van der Waals surface area contributed by atoms with Crippen LogP contribution in [0.15, 0.2) is 48.5 Å². The van der Waals surface area contributed by atoms with Gasteiger partial charge >= 0.3 is 0 Å². The van der Waals surface area contributed by atoms with Gasteiger partial charge in [-0.15, -0.1) is 23.5 Å². The Hall–Kier alpha value is -4.66. The van der Waals surface area contributed by atoms with Crippen LogP contribution < -0.4 is 31.9 Å². The van der Waals surface area contributed by atoms with Crippen molar-refractivity contribution in [1.82, 2.24) is 41.7 Å². The second kappa shape index (κ2) is 22.8. The van der Waals surface area contributed by atoms with E-state index in [-0.39, 0.29) is 65.6 Å². The number of nitrogens with zero attached hydrogens (tertiary/aromatic N) is 2. The van der Waals surface area contributed by atoms with Crippen molar-refractivity contribution in [2.75, 3.05) is 38.8 Å². The number of carbonyl (C=O) groups excluding carboxylic acids is 5. The molecular formula is C54H70N8O7S3. The molecule has 4 fully saturated rings. The summed E-state index contributed by atoms with van der Waals surface area (Å²) in [4.78, 5) is 74.5. The minimum Gasteiger partial charge on any atom is -0.367 e. The monoisotopic (exact) mass is 1040 g/mol. The van der Waals surface area contributed by atoms with E-state index < -0.39 is 59.2 Å². The highest BCUT2D eigenvalue weighted by Crippen LogP contribution is 2.48. The van der Waals surface area contributed by atoms with Crippen molar-refractivity contribution in [3.63, 3.8) is 0 Å². The normalized spacial score (nSPS) is 29.6. The fourth-order valence-electron chi connectivity index (χ4n) is 11.2. The molecule has 4 saturated heterocycles. The van der Waals surface area contributed by atoms with Gasteiger partial charge in [0.15, 0.2) is 0 Å². The fourth-order valence-corrected chi connectivity index (χ4v) is 14.7. The average molecular weight is 1040 g/mol. The lowest BCUT2D eigenvalue weighted by molar-refractivity contribution is -0.144. The van der Waals surface area contributed by atoms with Crippen molar-refractivity contribution in [1.29, 1.82) is 0 Å². The molecule has 0 bridgehead atoms. The van der Waals surface area contributed by atoms with Crippen LogP contribution in [0, 0.1) is 34.5 Å². The average Bonchev–Trinajstić information content (AvgIpc) is 3.99. The van der Waals surface area contributed by atoms with E-state index in [0.717, 1.165) is 28.0 Å². The Balaban J connectivity index is 0.889. The van der Waals surface area contributed by atoms with Crippen molar-refractivity contribution < 1.29 is 33.4 Å². The maximum absolute atomic E-state index is 14.6. The minimum atomic E-state index is -0.748. The molecule has 386 valence electrons. The number of hydrogen-bond acceptors (Lipinski definition) is 12. The van der Waals surface area contributed by atoms with Gasteiger partial charge in [0.1, 0.15) is 37.4 Å². The molecule has 12 atom stereocenters. The molecule has 15 nitrogen and oxygen atoms in total. The number of benzene rings is 2. The van der Waals surface area contributed by atoms with E-state index in [2.05, 4.69) is 75.5 Å². The Morgan fingerprint density at radius 3 is 1.56 bits per heavy atom. The SMILES string of the molecule is CN[C@@H](C)C(=O)N[C@H]1CCS[C@H]2CC(C)(C)[C@@H](C(=O)N[C@H]3c4ccccc4C[C@H]3OCC#CC#CCO[C@@H]3Cc4ccccc4[C@@H]3NC(=O)[C@H]3N4C(=O)[C@@H](NC(=S)[C@H](C)NC)CCS[C@H]4CC3(C)C)N2C1=O. The molecule has 6 N–H and O–H groups in total. The van der Waals surface area contributed by atoms with Gasteiger partial charge in [0.25, 0.3) is 0 Å². The number of rotatable bonds is 14. The minimum absolute atomic E-state index is 0.0756. The van der Waals surface area contributed by atoms with E-state index in [1.807, 2.05) is 70.3 Å².